The second-order valence-electron chi connectivity index (χ2n) is 7.33. The van der Waals surface area contributed by atoms with Crippen LogP contribution in [0.5, 0.6) is 5.88 Å². The van der Waals surface area contributed by atoms with E-state index in [9.17, 15) is 14.9 Å². The first-order valence-corrected chi connectivity index (χ1v) is 10.2. The van der Waals surface area contributed by atoms with Crippen molar-refractivity contribution in [3.05, 3.63) is 50.6 Å². The van der Waals surface area contributed by atoms with Crippen molar-refractivity contribution in [3.8, 4) is 5.88 Å². The summed E-state index contributed by atoms with van der Waals surface area (Å²) >= 11 is 1.65. The lowest BCUT2D eigenvalue weighted by Gasteiger charge is -2.18. The monoisotopic (exact) mass is 412 g/mol. The van der Waals surface area contributed by atoms with E-state index in [-0.39, 0.29) is 18.0 Å². The standard InChI is InChI=1S/C20H20N4O4S/c1-11-4-6-14(15(7-11)24(26)27)23-17(25)9-28-19-18-13-5-3-12(2)8-16(13)29-20(18)22-10-21-19/h4,6-7,10,12H,3,5,8-9H2,1-2H3,(H,23,25). The molecule has 1 unspecified atom stereocenters. The number of thiophene rings is 1. The summed E-state index contributed by atoms with van der Waals surface area (Å²) in [5, 5.41) is 14.7. The maximum Gasteiger partial charge on any atom is 0.293 e. The van der Waals surface area contributed by atoms with Gasteiger partial charge in [-0.2, -0.15) is 0 Å². The van der Waals surface area contributed by atoms with E-state index in [0.29, 0.717) is 11.8 Å². The summed E-state index contributed by atoms with van der Waals surface area (Å²) in [7, 11) is 0. The van der Waals surface area contributed by atoms with Gasteiger partial charge in [0.1, 0.15) is 16.8 Å². The third-order valence-electron chi connectivity index (χ3n) is 5.02. The summed E-state index contributed by atoms with van der Waals surface area (Å²) in [6.07, 6.45) is 4.51. The number of rotatable bonds is 5. The Morgan fingerprint density at radius 2 is 2.24 bits per heavy atom. The summed E-state index contributed by atoms with van der Waals surface area (Å²) in [5.74, 6) is 0.543. The minimum absolute atomic E-state index is 0.143. The van der Waals surface area contributed by atoms with Crippen LogP contribution in [0.4, 0.5) is 11.4 Å². The Kier molecular flexibility index (Phi) is 5.14. The molecule has 1 aromatic carbocycles. The Labute approximate surface area is 171 Å². The lowest BCUT2D eigenvalue weighted by molar-refractivity contribution is -0.384. The Morgan fingerprint density at radius 3 is 3.03 bits per heavy atom. The van der Waals surface area contributed by atoms with Gasteiger partial charge >= 0.3 is 0 Å². The molecule has 0 saturated carbocycles. The molecule has 8 nitrogen and oxygen atoms in total. The number of fused-ring (bicyclic) bond motifs is 3. The number of ether oxygens (including phenoxy) is 1. The minimum Gasteiger partial charge on any atom is -0.467 e. The number of hydrogen-bond donors (Lipinski definition) is 1. The van der Waals surface area contributed by atoms with E-state index < -0.39 is 10.8 Å². The largest absolute Gasteiger partial charge is 0.467 e. The topological polar surface area (TPSA) is 107 Å². The van der Waals surface area contributed by atoms with Gasteiger partial charge in [0.2, 0.25) is 5.88 Å². The van der Waals surface area contributed by atoms with Gasteiger partial charge in [0.05, 0.1) is 10.3 Å². The molecule has 9 heteroatoms. The summed E-state index contributed by atoms with van der Waals surface area (Å²) in [6.45, 7) is 3.70. The molecule has 4 rings (SSSR count). The van der Waals surface area contributed by atoms with Gasteiger partial charge in [-0.3, -0.25) is 14.9 Å². The SMILES string of the molecule is Cc1ccc(NC(=O)COc2ncnc3sc4c(c23)CCC(C)C4)c([N+](=O)[O-])c1. The summed E-state index contributed by atoms with van der Waals surface area (Å²) in [5.41, 5.74) is 1.95. The molecule has 0 saturated heterocycles. The van der Waals surface area contributed by atoms with Crippen LogP contribution >= 0.6 is 11.3 Å². The van der Waals surface area contributed by atoms with Gasteiger partial charge in [-0.15, -0.1) is 11.3 Å². The maximum atomic E-state index is 12.4. The molecule has 0 spiro atoms. The highest BCUT2D eigenvalue weighted by Crippen LogP contribution is 2.40. The molecule has 3 aromatic rings. The molecule has 0 radical (unpaired) electrons. The zero-order valence-corrected chi connectivity index (χ0v) is 16.9. The van der Waals surface area contributed by atoms with Crippen molar-refractivity contribution in [1.82, 2.24) is 9.97 Å². The third-order valence-corrected chi connectivity index (χ3v) is 6.18. The molecular formula is C20H20N4O4S. The van der Waals surface area contributed by atoms with Gasteiger partial charge in [-0.05, 0) is 49.3 Å². The zero-order valence-electron chi connectivity index (χ0n) is 16.1. The molecule has 1 atom stereocenters. The number of amides is 1. The van der Waals surface area contributed by atoms with Crippen molar-refractivity contribution in [2.75, 3.05) is 11.9 Å². The number of carbonyl (C=O) groups is 1. The molecule has 0 bridgehead atoms. The second-order valence-corrected chi connectivity index (χ2v) is 8.41. The van der Waals surface area contributed by atoms with E-state index in [1.807, 2.05) is 0 Å². The van der Waals surface area contributed by atoms with Gasteiger partial charge in [0.25, 0.3) is 11.6 Å². The molecule has 1 N–H and O–H groups in total. The van der Waals surface area contributed by atoms with Crippen LogP contribution in [-0.4, -0.2) is 27.4 Å². The third kappa shape index (κ3) is 3.91. The first kappa shape index (κ1) is 19.3. The predicted molar refractivity (Wildman–Crippen MR) is 111 cm³/mol. The summed E-state index contributed by atoms with van der Waals surface area (Å²) < 4.78 is 5.70. The predicted octanol–water partition coefficient (Wildman–Crippen LogP) is 4.05. The number of nitrogens with one attached hydrogen (secondary N) is 1. The molecule has 29 heavy (non-hydrogen) atoms. The summed E-state index contributed by atoms with van der Waals surface area (Å²) in [4.78, 5) is 33.8. The van der Waals surface area contributed by atoms with Crippen LogP contribution in [0.1, 0.15) is 29.3 Å². The number of carbonyl (C=O) groups excluding carboxylic acids is 1. The van der Waals surface area contributed by atoms with E-state index >= 15 is 0 Å². The minimum atomic E-state index is -0.518. The van der Waals surface area contributed by atoms with Crippen LogP contribution in [0.3, 0.4) is 0 Å². The van der Waals surface area contributed by atoms with Crippen LogP contribution in [-0.2, 0) is 17.6 Å². The Balaban J connectivity index is 1.52. The fourth-order valence-corrected chi connectivity index (χ4v) is 4.92. The van der Waals surface area contributed by atoms with Crippen LogP contribution in [0, 0.1) is 23.0 Å². The first-order chi connectivity index (χ1) is 13.9. The first-order valence-electron chi connectivity index (χ1n) is 9.35. The average Bonchev–Trinajstić information content (AvgIpc) is 3.05. The highest BCUT2D eigenvalue weighted by atomic mass is 32.1. The lowest BCUT2D eigenvalue weighted by Crippen LogP contribution is -2.21. The van der Waals surface area contributed by atoms with Gasteiger partial charge in [0.15, 0.2) is 6.61 Å². The number of nitro benzene ring substituents is 1. The Hall–Kier alpha value is -3.07. The second kappa shape index (κ2) is 7.75. The number of anilines is 1. The normalized spacial score (nSPS) is 15.7. The number of nitro groups is 1. The van der Waals surface area contributed by atoms with Crippen molar-refractivity contribution in [3.63, 3.8) is 0 Å². The fraction of sp³-hybridized carbons (Fsp3) is 0.350. The molecule has 0 aliphatic heterocycles. The molecule has 1 aliphatic rings. The number of aryl methyl sites for hydroxylation is 2. The van der Waals surface area contributed by atoms with Crippen molar-refractivity contribution in [1.29, 1.82) is 0 Å². The Bertz CT molecular complexity index is 1110. The molecule has 0 fully saturated rings. The highest BCUT2D eigenvalue weighted by Gasteiger charge is 2.24. The molecule has 1 aliphatic carbocycles. The number of hydrogen-bond acceptors (Lipinski definition) is 7. The average molecular weight is 412 g/mol. The maximum absolute atomic E-state index is 12.4. The molecule has 2 aromatic heterocycles. The zero-order chi connectivity index (χ0) is 20.5. The molecule has 150 valence electrons. The van der Waals surface area contributed by atoms with Gasteiger partial charge < -0.3 is 10.1 Å². The molecular weight excluding hydrogens is 392 g/mol. The number of nitrogens with zero attached hydrogens (tertiary/aromatic N) is 3. The van der Waals surface area contributed by atoms with Crippen LogP contribution in [0.25, 0.3) is 10.2 Å². The van der Waals surface area contributed by atoms with E-state index in [4.69, 9.17) is 4.74 Å². The van der Waals surface area contributed by atoms with E-state index in [1.165, 1.54) is 28.9 Å². The number of aromatic nitrogens is 2. The van der Waals surface area contributed by atoms with E-state index in [2.05, 4.69) is 22.2 Å². The van der Waals surface area contributed by atoms with E-state index in [0.717, 1.165) is 35.0 Å². The van der Waals surface area contributed by atoms with Crippen LogP contribution in [0.2, 0.25) is 0 Å². The van der Waals surface area contributed by atoms with Gasteiger partial charge in [0, 0.05) is 10.9 Å². The van der Waals surface area contributed by atoms with Crippen LogP contribution < -0.4 is 10.1 Å². The van der Waals surface area contributed by atoms with Crippen LogP contribution in [0.15, 0.2) is 24.5 Å². The van der Waals surface area contributed by atoms with Crippen molar-refractivity contribution in [2.45, 2.75) is 33.1 Å². The smallest absolute Gasteiger partial charge is 0.293 e. The number of benzene rings is 1. The molecule has 2 heterocycles. The Morgan fingerprint density at radius 1 is 1.41 bits per heavy atom. The van der Waals surface area contributed by atoms with Gasteiger partial charge in [-0.25, -0.2) is 9.97 Å². The van der Waals surface area contributed by atoms with E-state index in [1.54, 1.807) is 24.3 Å². The highest BCUT2D eigenvalue weighted by molar-refractivity contribution is 7.18. The lowest BCUT2D eigenvalue weighted by atomic mass is 9.89. The summed E-state index contributed by atoms with van der Waals surface area (Å²) in [6, 6.07) is 4.64. The van der Waals surface area contributed by atoms with Crippen molar-refractivity contribution < 1.29 is 14.5 Å². The van der Waals surface area contributed by atoms with Gasteiger partial charge in [-0.1, -0.05) is 13.0 Å². The molecule has 1 amide bonds. The fourth-order valence-electron chi connectivity index (χ4n) is 3.57. The quantitative estimate of drug-likeness (QED) is 0.500. The van der Waals surface area contributed by atoms with Crippen molar-refractivity contribution in [2.24, 2.45) is 5.92 Å². The van der Waals surface area contributed by atoms with Crippen molar-refractivity contribution >= 4 is 38.8 Å².